The topological polar surface area (TPSA) is 15.6 Å². The Labute approximate surface area is 141 Å². The summed E-state index contributed by atoms with van der Waals surface area (Å²) < 4.78 is 0. The second-order valence-electron chi connectivity index (χ2n) is 8.71. The first-order valence-corrected chi connectivity index (χ1v) is 9.39. The van der Waals surface area contributed by atoms with E-state index in [4.69, 9.17) is 4.99 Å². The molecule has 0 amide bonds. The zero-order valence-corrected chi connectivity index (χ0v) is 14.7. The molecule has 4 bridgehead atoms. The highest BCUT2D eigenvalue weighted by molar-refractivity contribution is 5.80. The van der Waals surface area contributed by atoms with E-state index in [0.29, 0.717) is 5.41 Å². The molecule has 2 heteroatoms. The van der Waals surface area contributed by atoms with Crippen molar-refractivity contribution in [1.82, 2.24) is 0 Å². The van der Waals surface area contributed by atoms with Gasteiger partial charge in [-0.15, -0.1) is 0 Å². The van der Waals surface area contributed by atoms with Crippen LogP contribution >= 0.6 is 0 Å². The number of benzene rings is 1. The summed E-state index contributed by atoms with van der Waals surface area (Å²) in [6.07, 6.45) is 12.5. The zero-order chi connectivity index (χ0) is 15.9. The summed E-state index contributed by atoms with van der Waals surface area (Å²) >= 11 is 0. The van der Waals surface area contributed by atoms with E-state index >= 15 is 0 Å². The average molecular weight is 310 g/mol. The van der Waals surface area contributed by atoms with Gasteiger partial charge in [0.15, 0.2) is 0 Å². The van der Waals surface area contributed by atoms with Crippen LogP contribution in [0.2, 0.25) is 0 Å². The molecule has 0 N–H and O–H groups in total. The molecule has 2 nitrogen and oxygen atoms in total. The van der Waals surface area contributed by atoms with Crippen molar-refractivity contribution in [3.8, 4) is 0 Å². The summed E-state index contributed by atoms with van der Waals surface area (Å²) in [6, 6.07) is 8.73. The minimum Gasteiger partial charge on any atom is -0.378 e. The molecule has 1 aromatic rings. The molecule has 5 rings (SSSR count). The van der Waals surface area contributed by atoms with Crippen LogP contribution in [0.15, 0.2) is 29.3 Å². The van der Waals surface area contributed by atoms with E-state index in [-0.39, 0.29) is 0 Å². The van der Waals surface area contributed by atoms with E-state index in [1.165, 1.54) is 56.2 Å². The second-order valence-corrected chi connectivity index (χ2v) is 8.71. The summed E-state index contributed by atoms with van der Waals surface area (Å²) in [4.78, 5) is 7.05. The molecule has 23 heavy (non-hydrogen) atoms. The summed E-state index contributed by atoms with van der Waals surface area (Å²) in [7, 11) is 4.16. The fourth-order valence-electron chi connectivity index (χ4n) is 5.77. The monoisotopic (exact) mass is 310 g/mol. The number of nitrogens with zero attached hydrogens (tertiary/aromatic N) is 2. The molecule has 1 aromatic carbocycles. The van der Waals surface area contributed by atoms with Crippen LogP contribution in [0.4, 0.5) is 5.69 Å². The van der Waals surface area contributed by atoms with Crippen molar-refractivity contribution in [2.24, 2.45) is 28.2 Å². The van der Waals surface area contributed by atoms with E-state index in [9.17, 15) is 0 Å². The van der Waals surface area contributed by atoms with Gasteiger partial charge in [0.05, 0.1) is 0 Å². The Morgan fingerprint density at radius 3 is 2.22 bits per heavy atom. The first-order valence-electron chi connectivity index (χ1n) is 9.39. The number of rotatable bonds is 4. The van der Waals surface area contributed by atoms with Gasteiger partial charge in [0.2, 0.25) is 0 Å². The molecular formula is C21H30N2. The lowest BCUT2D eigenvalue weighted by molar-refractivity contribution is 0.0428. The minimum atomic E-state index is 0.549. The lowest BCUT2D eigenvalue weighted by atomic mass is 9.58. The van der Waals surface area contributed by atoms with Crippen molar-refractivity contribution in [2.75, 3.05) is 25.5 Å². The van der Waals surface area contributed by atoms with Gasteiger partial charge in [-0.2, -0.15) is 0 Å². The number of fused-ring (bicyclic) bond motifs is 1. The molecule has 0 spiro atoms. The molecule has 4 atom stereocenters. The van der Waals surface area contributed by atoms with Gasteiger partial charge in [0.25, 0.3) is 0 Å². The van der Waals surface area contributed by atoms with Crippen LogP contribution in [-0.2, 0) is 0 Å². The Balaban J connectivity index is 1.44. The predicted molar refractivity (Wildman–Crippen MR) is 98.5 cm³/mol. The maximum Gasteiger partial charge on any atom is 0.0446 e. The minimum absolute atomic E-state index is 0.549. The Morgan fingerprint density at radius 1 is 1.00 bits per heavy atom. The Morgan fingerprint density at radius 2 is 1.61 bits per heavy atom. The van der Waals surface area contributed by atoms with Gasteiger partial charge in [0.1, 0.15) is 0 Å². The van der Waals surface area contributed by atoms with Crippen molar-refractivity contribution in [1.29, 1.82) is 0 Å². The molecule has 0 heterocycles. The SMILES string of the molecule is CN(C)c1ccc(C=NCC23CC4C[C@@H](CC[C@@H](C4)C2)C3)cc1. The molecule has 124 valence electrons. The third kappa shape index (κ3) is 3.18. The van der Waals surface area contributed by atoms with Crippen LogP contribution in [0.5, 0.6) is 0 Å². The molecular weight excluding hydrogens is 280 g/mol. The molecule has 4 aliphatic carbocycles. The van der Waals surface area contributed by atoms with Crippen molar-refractivity contribution in [3.63, 3.8) is 0 Å². The predicted octanol–water partition coefficient (Wildman–Crippen LogP) is 4.78. The van der Waals surface area contributed by atoms with E-state index in [1.807, 2.05) is 0 Å². The largest absolute Gasteiger partial charge is 0.378 e. The standard InChI is InChI=1S/C21H30N2/c1-23(2)20-7-5-16(6-8-20)14-22-15-21-11-17-3-4-18(12-21)10-19(9-17)13-21/h5-8,14,17-19H,3-4,9-13,15H2,1-2H3/t17-,18+,19?,21?. The highest BCUT2D eigenvalue weighted by Gasteiger charge is 2.48. The van der Waals surface area contributed by atoms with E-state index in [2.05, 4.69) is 49.5 Å². The van der Waals surface area contributed by atoms with Crippen LogP contribution in [0.25, 0.3) is 0 Å². The van der Waals surface area contributed by atoms with Crippen molar-refractivity contribution < 1.29 is 0 Å². The smallest absolute Gasteiger partial charge is 0.0446 e. The normalized spacial score (nSPS) is 35.7. The number of aliphatic imine (C=N–C) groups is 1. The molecule has 4 aliphatic rings. The highest BCUT2D eigenvalue weighted by Crippen LogP contribution is 2.57. The van der Waals surface area contributed by atoms with Crippen LogP contribution in [-0.4, -0.2) is 26.9 Å². The molecule has 0 aliphatic heterocycles. The third-order valence-electron chi connectivity index (χ3n) is 6.56. The average Bonchev–Trinajstić information content (AvgIpc) is 2.73. The molecule has 0 aromatic heterocycles. The van der Waals surface area contributed by atoms with Crippen LogP contribution in [0, 0.1) is 23.2 Å². The number of hydrogen-bond acceptors (Lipinski definition) is 2. The maximum absolute atomic E-state index is 4.91. The summed E-state index contributed by atoms with van der Waals surface area (Å²) in [5, 5.41) is 0. The summed E-state index contributed by atoms with van der Waals surface area (Å²) in [5.41, 5.74) is 3.03. The van der Waals surface area contributed by atoms with Gasteiger partial charge in [-0.05, 0) is 73.0 Å². The van der Waals surface area contributed by atoms with Crippen LogP contribution < -0.4 is 4.90 Å². The fraction of sp³-hybridized carbons (Fsp3) is 0.667. The third-order valence-corrected chi connectivity index (χ3v) is 6.56. The van der Waals surface area contributed by atoms with Gasteiger partial charge >= 0.3 is 0 Å². The first kappa shape index (κ1) is 15.2. The summed E-state index contributed by atoms with van der Waals surface area (Å²) in [6.45, 7) is 1.06. The van der Waals surface area contributed by atoms with E-state index in [1.54, 1.807) is 0 Å². The zero-order valence-electron chi connectivity index (χ0n) is 14.7. The Hall–Kier alpha value is -1.31. The lowest BCUT2D eigenvalue weighted by Gasteiger charge is -2.47. The summed E-state index contributed by atoms with van der Waals surface area (Å²) in [5.74, 6) is 3.04. The van der Waals surface area contributed by atoms with Crippen molar-refractivity contribution in [2.45, 2.75) is 44.9 Å². The molecule has 4 saturated carbocycles. The second kappa shape index (κ2) is 5.96. The first-order chi connectivity index (χ1) is 11.1. The van der Waals surface area contributed by atoms with Gasteiger partial charge in [0, 0.05) is 32.5 Å². The van der Waals surface area contributed by atoms with Gasteiger partial charge in [-0.25, -0.2) is 0 Å². The van der Waals surface area contributed by atoms with E-state index in [0.717, 1.165) is 24.3 Å². The van der Waals surface area contributed by atoms with Crippen molar-refractivity contribution in [3.05, 3.63) is 29.8 Å². The molecule has 0 saturated heterocycles. The van der Waals surface area contributed by atoms with Gasteiger partial charge in [-0.3, -0.25) is 4.99 Å². The highest BCUT2D eigenvalue weighted by atomic mass is 15.1. The van der Waals surface area contributed by atoms with Crippen LogP contribution in [0.3, 0.4) is 0 Å². The van der Waals surface area contributed by atoms with Gasteiger partial charge in [-0.1, -0.05) is 25.0 Å². The van der Waals surface area contributed by atoms with Crippen molar-refractivity contribution >= 4 is 11.9 Å². The maximum atomic E-state index is 4.91. The van der Waals surface area contributed by atoms with Gasteiger partial charge < -0.3 is 4.90 Å². The molecule has 2 unspecified atom stereocenters. The molecule has 4 fully saturated rings. The lowest BCUT2D eigenvalue weighted by Crippen LogP contribution is -2.39. The number of anilines is 1. The Kier molecular flexibility index (Phi) is 3.95. The van der Waals surface area contributed by atoms with Crippen LogP contribution in [0.1, 0.15) is 50.5 Å². The quantitative estimate of drug-likeness (QED) is 0.731. The number of hydrogen-bond donors (Lipinski definition) is 0. The molecule has 0 radical (unpaired) electrons. The Bertz CT molecular complexity index is 556. The van der Waals surface area contributed by atoms with E-state index < -0.39 is 0 Å². The fourth-order valence-corrected chi connectivity index (χ4v) is 5.77.